The SMILES string of the molecule is COCCc1cc(-c2ccc(C#N)cc2)n2nc(N)nc2c1. The summed E-state index contributed by atoms with van der Waals surface area (Å²) >= 11 is 0. The molecule has 2 N–H and O–H groups in total. The van der Waals surface area contributed by atoms with Gasteiger partial charge in [0.1, 0.15) is 0 Å². The van der Waals surface area contributed by atoms with Crippen molar-refractivity contribution in [3.05, 3.63) is 47.5 Å². The lowest BCUT2D eigenvalue weighted by molar-refractivity contribution is 0.202. The van der Waals surface area contributed by atoms with Gasteiger partial charge < -0.3 is 10.5 Å². The van der Waals surface area contributed by atoms with E-state index in [9.17, 15) is 0 Å². The highest BCUT2D eigenvalue weighted by molar-refractivity contribution is 5.65. The number of aromatic nitrogens is 3. The number of pyridine rings is 1. The maximum atomic E-state index is 8.91. The number of nitrogens with two attached hydrogens (primary N) is 1. The third kappa shape index (κ3) is 2.62. The fourth-order valence-electron chi connectivity index (χ4n) is 2.34. The first-order valence-corrected chi connectivity index (χ1v) is 6.86. The van der Waals surface area contributed by atoms with Crippen LogP contribution in [0.2, 0.25) is 0 Å². The van der Waals surface area contributed by atoms with Crippen LogP contribution in [-0.4, -0.2) is 28.3 Å². The Morgan fingerprint density at radius 1 is 1.27 bits per heavy atom. The molecule has 22 heavy (non-hydrogen) atoms. The lowest BCUT2D eigenvalue weighted by Gasteiger charge is -2.08. The average molecular weight is 293 g/mol. The predicted molar refractivity (Wildman–Crippen MR) is 83.1 cm³/mol. The van der Waals surface area contributed by atoms with E-state index in [0.717, 1.165) is 23.2 Å². The fourth-order valence-corrected chi connectivity index (χ4v) is 2.34. The van der Waals surface area contributed by atoms with Crippen LogP contribution in [0.15, 0.2) is 36.4 Å². The quantitative estimate of drug-likeness (QED) is 0.795. The van der Waals surface area contributed by atoms with Crippen molar-refractivity contribution < 1.29 is 4.74 Å². The van der Waals surface area contributed by atoms with Crippen LogP contribution in [0.5, 0.6) is 0 Å². The molecule has 0 fully saturated rings. The lowest BCUT2D eigenvalue weighted by atomic mass is 10.1. The van der Waals surface area contributed by atoms with Crippen LogP contribution >= 0.6 is 0 Å². The molecule has 0 spiro atoms. The van der Waals surface area contributed by atoms with E-state index in [1.54, 1.807) is 23.8 Å². The molecule has 6 nitrogen and oxygen atoms in total. The highest BCUT2D eigenvalue weighted by Gasteiger charge is 2.10. The molecule has 3 rings (SSSR count). The van der Waals surface area contributed by atoms with Crippen LogP contribution in [0.4, 0.5) is 5.95 Å². The molecule has 0 bridgehead atoms. The van der Waals surface area contributed by atoms with Crippen molar-refractivity contribution in [2.45, 2.75) is 6.42 Å². The molecule has 0 aliphatic carbocycles. The summed E-state index contributed by atoms with van der Waals surface area (Å²) in [7, 11) is 1.68. The first kappa shape index (κ1) is 14.0. The fraction of sp³-hybridized carbons (Fsp3) is 0.188. The van der Waals surface area contributed by atoms with E-state index in [1.165, 1.54) is 0 Å². The third-order valence-corrected chi connectivity index (χ3v) is 3.42. The van der Waals surface area contributed by atoms with Crippen molar-refractivity contribution in [3.8, 4) is 17.3 Å². The number of fused-ring (bicyclic) bond motifs is 1. The summed E-state index contributed by atoms with van der Waals surface area (Å²) in [5.41, 5.74) is 9.98. The number of hydrogen-bond donors (Lipinski definition) is 1. The van der Waals surface area contributed by atoms with Gasteiger partial charge in [0.15, 0.2) is 5.65 Å². The molecule has 110 valence electrons. The van der Waals surface area contributed by atoms with Gasteiger partial charge in [-0.05, 0) is 36.2 Å². The minimum Gasteiger partial charge on any atom is -0.384 e. The summed E-state index contributed by atoms with van der Waals surface area (Å²) in [5, 5.41) is 13.1. The molecule has 6 heteroatoms. The molecular formula is C16H15N5O. The first-order chi connectivity index (χ1) is 10.7. The number of nitriles is 1. The van der Waals surface area contributed by atoms with Crippen molar-refractivity contribution in [1.29, 1.82) is 5.26 Å². The van der Waals surface area contributed by atoms with Crippen molar-refractivity contribution >= 4 is 11.6 Å². The number of hydrogen-bond acceptors (Lipinski definition) is 5. The van der Waals surface area contributed by atoms with E-state index in [2.05, 4.69) is 16.2 Å². The van der Waals surface area contributed by atoms with E-state index in [-0.39, 0.29) is 5.95 Å². The second-order valence-corrected chi connectivity index (χ2v) is 4.92. The largest absolute Gasteiger partial charge is 0.384 e. The molecule has 0 amide bonds. The Labute approximate surface area is 127 Å². The second-order valence-electron chi connectivity index (χ2n) is 4.92. The van der Waals surface area contributed by atoms with E-state index in [4.69, 9.17) is 15.7 Å². The number of methoxy groups -OCH3 is 1. The van der Waals surface area contributed by atoms with Crippen LogP contribution < -0.4 is 5.73 Å². The summed E-state index contributed by atoms with van der Waals surface area (Å²) in [4.78, 5) is 4.24. The topological polar surface area (TPSA) is 89.2 Å². The van der Waals surface area contributed by atoms with Gasteiger partial charge >= 0.3 is 0 Å². The normalized spacial score (nSPS) is 10.7. The molecule has 0 saturated carbocycles. The smallest absolute Gasteiger partial charge is 0.240 e. The maximum absolute atomic E-state index is 8.91. The number of rotatable bonds is 4. The Kier molecular flexibility index (Phi) is 3.73. The van der Waals surface area contributed by atoms with Crippen molar-refractivity contribution in [2.75, 3.05) is 19.5 Å². The highest BCUT2D eigenvalue weighted by atomic mass is 16.5. The maximum Gasteiger partial charge on any atom is 0.240 e. The van der Waals surface area contributed by atoms with E-state index >= 15 is 0 Å². The zero-order valence-corrected chi connectivity index (χ0v) is 12.2. The van der Waals surface area contributed by atoms with Crippen LogP contribution in [0.3, 0.4) is 0 Å². The zero-order valence-electron chi connectivity index (χ0n) is 12.2. The number of ether oxygens (including phenoxy) is 1. The van der Waals surface area contributed by atoms with E-state index in [1.807, 2.05) is 24.3 Å². The number of nitrogen functional groups attached to an aromatic ring is 1. The molecule has 0 radical (unpaired) electrons. The average Bonchev–Trinajstić information content (AvgIpc) is 2.92. The standard InChI is InChI=1S/C16H15N5O/c1-22-7-6-12-8-14(13-4-2-11(10-17)3-5-13)21-15(9-12)19-16(18)20-21/h2-5,8-9H,6-7H2,1H3,(H2,18,20). The van der Waals surface area contributed by atoms with Crippen LogP contribution in [0, 0.1) is 11.3 Å². The van der Waals surface area contributed by atoms with Crippen LogP contribution in [0.1, 0.15) is 11.1 Å². The Morgan fingerprint density at radius 2 is 2.05 bits per heavy atom. The van der Waals surface area contributed by atoms with Gasteiger partial charge in [-0.3, -0.25) is 0 Å². The zero-order chi connectivity index (χ0) is 15.5. The van der Waals surface area contributed by atoms with Crippen LogP contribution in [0.25, 0.3) is 16.9 Å². The lowest BCUT2D eigenvalue weighted by Crippen LogP contribution is -2.00. The summed E-state index contributed by atoms with van der Waals surface area (Å²) < 4.78 is 6.85. The Hall–Kier alpha value is -2.91. The minimum absolute atomic E-state index is 0.235. The summed E-state index contributed by atoms with van der Waals surface area (Å²) in [5.74, 6) is 0.235. The number of anilines is 1. The van der Waals surface area contributed by atoms with Gasteiger partial charge in [0, 0.05) is 12.7 Å². The molecule has 0 aliphatic heterocycles. The van der Waals surface area contributed by atoms with Crippen molar-refractivity contribution in [1.82, 2.24) is 14.6 Å². The summed E-state index contributed by atoms with van der Waals surface area (Å²) in [6.07, 6.45) is 0.781. The molecule has 0 unspecified atom stereocenters. The predicted octanol–water partition coefficient (Wildman–Crippen LogP) is 2.04. The molecule has 2 aromatic heterocycles. The van der Waals surface area contributed by atoms with E-state index in [0.29, 0.717) is 17.8 Å². The van der Waals surface area contributed by atoms with Gasteiger partial charge in [-0.2, -0.15) is 10.2 Å². The van der Waals surface area contributed by atoms with Gasteiger partial charge in [-0.15, -0.1) is 5.10 Å². The Morgan fingerprint density at radius 3 is 2.73 bits per heavy atom. The van der Waals surface area contributed by atoms with Crippen LogP contribution in [-0.2, 0) is 11.2 Å². The molecule has 2 heterocycles. The number of nitrogens with zero attached hydrogens (tertiary/aromatic N) is 4. The van der Waals surface area contributed by atoms with Crippen molar-refractivity contribution in [3.63, 3.8) is 0 Å². The third-order valence-electron chi connectivity index (χ3n) is 3.42. The second kappa shape index (κ2) is 5.84. The van der Waals surface area contributed by atoms with Gasteiger partial charge in [0.25, 0.3) is 0 Å². The molecule has 3 aromatic rings. The van der Waals surface area contributed by atoms with Gasteiger partial charge in [0.2, 0.25) is 5.95 Å². The molecular weight excluding hydrogens is 278 g/mol. The summed E-state index contributed by atoms with van der Waals surface area (Å²) in [6.45, 7) is 0.632. The Bertz CT molecular complexity index is 845. The highest BCUT2D eigenvalue weighted by Crippen LogP contribution is 2.23. The molecule has 0 saturated heterocycles. The molecule has 1 aromatic carbocycles. The molecule has 0 atom stereocenters. The summed E-state index contributed by atoms with van der Waals surface area (Å²) in [6, 6.07) is 13.5. The van der Waals surface area contributed by atoms with Crippen molar-refractivity contribution in [2.24, 2.45) is 0 Å². The van der Waals surface area contributed by atoms with Gasteiger partial charge in [0.05, 0.1) is 23.9 Å². The molecule has 0 aliphatic rings. The Balaban J connectivity index is 2.14. The van der Waals surface area contributed by atoms with Gasteiger partial charge in [-0.25, -0.2) is 4.52 Å². The number of benzene rings is 1. The minimum atomic E-state index is 0.235. The monoisotopic (exact) mass is 293 g/mol. The van der Waals surface area contributed by atoms with E-state index < -0.39 is 0 Å². The first-order valence-electron chi connectivity index (χ1n) is 6.86. The van der Waals surface area contributed by atoms with Gasteiger partial charge in [-0.1, -0.05) is 12.1 Å².